The second-order valence-corrected chi connectivity index (χ2v) is 12.8. The van der Waals surface area contributed by atoms with E-state index >= 15 is 0 Å². The van der Waals surface area contributed by atoms with Crippen LogP contribution in [0.15, 0.2) is 59.6 Å². The molecule has 5 rings (SSSR count). The van der Waals surface area contributed by atoms with E-state index in [-0.39, 0.29) is 43.4 Å². The van der Waals surface area contributed by atoms with Crippen LogP contribution in [0, 0.1) is 0 Å². The normalized spacial score (nSPS) is 16.2. The SMILES string of the molecule is CC(=O)c1ncc2sc(N3CCN(S(=O)(=O)c4ccc(OC(F)(F)F)cc4)[C@@H](C(=O)NCc4ccc(OC(F)(F)F)cc4)C3)nc2n1. The Bertz CT molecular complexity index is 1890. The monoisotopic (exact) mass is 704 g/mol. The number of nitrogens with zero attached hydrogens (tertiary/aromatic N) is 5. The molecule has 250 valence electrons. The van der Waals surface area contributed by atoms with Crippen molar-refractivity contribution in [2.24, 2.45) is 0 Å². The summed E-state index contributed by atoms with van der Waals surface area (Å²) in [5.41, 5.74) is 0.599. The summed E-state index contributed by atoms with van der Waals surface area (Å²) in [6.45, 7) is 0.685. The van der Waals surface area contributed by atoms with Gasteiger partial charge >= 0.3 is 12.7 Å². The number of nitrogens with one attached hydrogen (secondary N) is 1. The number of thiazole rings is 1. The summed E-state index contributed by atoms with van der Waals surface area (Å²) < 4.78 is 112. The summed E-state index contributed by atoms with van der Waals surface area (Å²) in [5.74, 6) is -2.32. The van der Waals surface area contributed by atoms with Crippen molar-refractivity contribution >= 4 is 48.5 Å². The number of fused-ring (bicyclic) bond motifs is 1. The van der Waals surface area contributed by atoms with E-state index in [9.17, 15) is 44.3 Å². The Morgan fingerprint density at radius 3 is 2.11 bits per heavy atom. The third-order valence-electron chi connectivity index (χ3n) is 6.65. The van der Waals surface area contributed by atoms with Crippen LogP contribution in [0.3, 0.4) is 0 Å². The summed E-state index contributed by atoms with van der Waals surface area (Å²) in [4.78, 5) is 39.1. The standard InChI is InChI=1S/C27H22F6N6O6S2/c1-15(40)22-34-13-21-23(36-22)37-25(46-21)38-10-11-39(47(42,43)19-8-6-18(7-9-19)45-27(31,32)33)20(14-38)24(41)35-12-16-2-4-17(5-3-16)44-26(28,29)30/h2-9,13,20H,10-12,14H2,1H3,(H,35,41)/t20-/m1/s1. The van der Waals surface area contributed by atoms with Gasteiger partial charge in [-0.2, -0.15) is 9.29 Å². The first-order chi connectivity index (χ1) is 22.0. The van der Waals surface area contributed by atoms with Gasteiger partial charge in [0.15, 0.2) is 22.4 Å². The van der Waals surface area contributed by atoms with Crippen LogP contribution in [0.5, 0.6) is 11.5 Å². The Morgan fingerprint density at radius 1 is 0.936 bits per heavy atom. The van der Waals surface area contributed by atoms with E-state index in [0.29, 0.717) is 15.4 Å². The molecular weight excluding hydrogens is 682 g/mol. The number of carbonyl (C=O) groups is 2. The third-order valence-corrected chi connectivity index (χ3v) is 9.61. The van der Waals surface area contributed by atoms with Gasteiger partial charge in [0.1, 0.15) is 17.5 Å². The van der Waals surface area contributed by atoms with Gasteiger partial charge in [0.2, 0.25) is 15.9 Å². The van der Waals surface area contributed by atoms with Crippen molar-refractivity contribution in [3.05, 3.63) is 66.1 Å². The van der Waals surface area contributed by atoms with Crippen LogP contribution in [-0.4, -0.2) is 77.8 Å². The van der Waals surface area contributed by atoms with E-state index in [1.54, 1.807) is 4.90 Å². The maximum absolute atomic E-state index is 13.7. The number of sulfonamides is 1. The minimum Gasteiger partial charge on any atom is -0.406 e. The molecule has 1 fully saturated rings. The molecule has 1 amide bonds. The molecule has 3 heterocycles. The lowest BCUT2D eigenvalue weighted by Gasteiger charge is -2.39. The highest BCUT2D eigenvalue weighted by atomic mass is 32.2. The van der Waals surface area contributed by atoms with Crippen LogP contribution in [0.1, 0.15) is 23.1 Å². The van der Waals surface area contributed by atoms with Crippen LogP contribution in [0.4, 0.5) is 31.5 Å². The molecule has 47 heavy (non-hydrogen) atoms. The Balaban J connectivity index is 1.39. The lowest BCUT2D eigenvalue weighted by molar-refractivity contribution is -0.275. The Labute approximate surface area is 266 Å². The predicted octanol–water partition coefficient (Wildman–Crippen LogP) is 4.28. The van der Waals surface area contributed by atoms with Gasteiger partial charge in [-0.15, -0.1) is 26.3 Å². The van der Waals surface area contributed by atoms with Crippen molar-refractivity contribution in [1.29, 1.82) is 0 Å². The highest BCUT2D eigenvalue weighted by molar-refractivity contribution is 7.89. The minimum absolute atomic E-state index is 0.0474. The average molecular weight is 705 g/mol. The summed E-state index contributed by atoms with van der Waals surface area (Å²) >= 11 is 1.15. The van der Waals surface area contributed by atoms with E-state index in [4.69, 9.17) is 0 Å². The fraction of sp³-hybridized carbons (Fsp3) is 0.296. The van der Waals surface area contributed by atoms with Gasteiger partial charge in [-0.3, -0.25) is 9.59 Å². The van der Waals surface area contributed by atoms with Gasteiger partial charge in [-0.05, 0) is 42.0 Å². The topological polar surface area (TPSA) is 144 Å². The zero-order valence-corrected chi connectivity index (χ0v) is 25.5. The maximum atomic E-state index is 13.7. The number of hydrogen-bond acceptors (Lipinski definition) is 11. The third kappa shape index (κ3) is 8.24. The smallest absolute Gasteiger partial charge is 0.406 e. The molecule has 0 spiro atoms. The first-order valence-corrected chi connectivity index (χ1v) is 15.6. The number of alkyl halides is 6. The van der Waals surface area contributed by atoms with Gasteiger partial charge in [0.05, 0.1) is 15.8 Å². The Hall–Kier alpha value is -4.56. The zero-order valence-electron chi connectivity index (χ0n) is 23.9. The van der Waals surface area contributed by atoms with E-state index < -0.39 is 51.1 Å². The Morgan fingerprint density at radius 2 is 1.53 bits per heavy atom. The van der Waals surface area contributed by atoms with Gasteiger partial charge in [0.25, 0.3) is 0 Å². The number of Topliss-reactive ketones (excluding diaryl/α,β-unsaturated/α-hetero) is 1. The predicted molar refractivity (Wildman–Crippen MR) is 153 cm³/mol. The van der Waals surface area contributed by atoms with Crippen molar-refractivity contribution in [1.82, 2.24) is 24.6 Å². The molecule has 0 unspecified atom stereocenters. The van der Waals surface area contributed by atoms with Gasteiger partial charge in [-0.1, -0.05) is 23.5 Å². The van der Waals surface area contributed by atoms with Crippen molar-refractivity contribution in [3.8, 4) is 11.5 Å². The highest BCUT2D eigenvalue weighted by Crippen LogP contribution is 2.32. The number of carbonyl (C=O) groups excluding carboxylic acids is 2. The Kier molecular flexibility index (Phi) is 9.29. The molecule has 1 N–H and O–H groups in total. The molecule has 4 aromatic rings. The van der Waals surface area contributed by atoms with E-state index in [1.165, 1.54) is 25.3 Å². The molecule has 0 bridgehead atoms. The first-order valence-electron chi connectivity index (χ1n) is 13.4. The van der Waals surface area contributed by atoms with Crippen molar-refractivity contribution in [2.75, 3.05) is 24.5 Å². The van der Waals surface area contributed by atoms with E-state index in [1.807, 2.05) is 0 Å². The molecule has 0 saturated carbocycles. The lowest BCUT2D eigenvalue weighted by atomic mass is 10.1. The first kappa shape index (κ1) is 33.8. The number of aromatic nitrogens is 3. The number of anilines is 1. The minimum atomic E-state index is -4.99. The van der Waals surface area contributed by atoms with Crippen molar-refractivity contribution in [2.45, 2.75) is 37.1 Å². The lowest BCUT2D eigenvalue weighted by Crippen LogP contribution is -2.60. The molecule has 1 aliphatic heterocycles. The number of hydrogen-bond donors (Lipinski definition) is 1. The number of rotatable bonds is 9. The highest BCUT2D eigenvalue weighted by Gasteiger charge is 2.41. The maximum Gasteiger partial charge on any atom is 0.573 e. The molecular formula is C27H22F6N6O6S2. The molecule has 1 aliphatic rings. The number of ketones is 1. The molecule has 12 nitrogen and oxygen atoms in total. The summed E-state index contributed by atoms with van der Waals surface area (Å²) in [6, 6.07) is 6.77. The number of benzene rings is 2. The second kappa shape index (κ2) is 12.9. The molecule has 2 aromatic heterocycles. The second-order valence-electron chi connectivity index (χ2n) is 9.94. The number of piperazine rings is 1. The van der Waals surface area contributed by atoms with E-state index in [2.05, 4.69) is 29.7 Å². The van der Waals surface area contributed by atoms with Crippen molar-refractivity contribution < 1.29 is 53.8 Å². The number of amides is 1. The summed E-state index contributed by atoms with van der Waals surface area (Å²) in [5, 5.41) is 2.95. The quantitative estimate of drug-likeness (QED) is 0.198. The van der Waals surface area contributed by atoms with Gasteiger partial charge in [-0.25, -0.2) is 18.4 Å². The number of halogens is 6. The van der Waals surface area contributed by atoms with Gasteiger partial charge < -0.3 is 19.7 Å². The molecule has 20 heteroatoms. The van der Waals surface area contributed by atoms with Crippen LogP contribution in [0.25, 0.3) is 10.3 Å². The number of ether oxygens (including phenoxy) is 2. The average Bonchev–Trinajstić information content (AvgIpc) is 3.43. The molecule has 0 aliphatic carbocycles. The van der Waals surface area contributed by atoms with Crippen molar-refractivity contribution in [3.63, 3.8) is 0 Å². The summed E-state index contributed by atoms with van der Waals surface area (Å²) in [7, 11) is -4.46. The van der Waals surface area contributed by atoms with E-state index in [0.717, 1.165) is 52.0 Å². The fourth-order valence-electron chi connectivity index (χ4n) is 4.54. The summed E-state index contributed by atoms with van der Waals surface area (Å²) in [6.07, 6.45) is -8.47. The largest absolute Gasteiger partial charge is 0.573 e. The fourth-order valence-corrected chi connectivity index (χ4v) is 7.02. The molecule has 1 saturated heterocycles. The van der Waals surface area contributed by atoms with Crippen LogP contribution in [-0.2, 0) is 21.4 Å². The van der Waals surface area contributed by atoms with Crippen LogP contribution in [0.2, 0.25) is 0 Å². The molecule has 0 radical (unpaired) electrons. The zero-order chi connectivity index (χ0) is 34.1. The van der Waals surface area contributed by atoms with Gasteiger partial charge in [0, 0.05) is 33.1 Å². The molecule has 2 aromatic carbocycles. The van der Waals surface area contributed by atoms with Crippen LogP contribution >= 0.6 is 11.3 Å². The molecule has 1 atom stereocenters. The van der Waals surface area contributed by atoms with Crippen LogP contribution < -0.4 is 19.7 Å².